The molecule has 4 aromatic rings. The number of hydrogen-bond donors (Lipinski definition) is 2. The average Bonchev–Trinajstić information content (AvgIpc) is 2.76. The van der Waals surface area contributed by atoms with Crippen LogP contribution in [0.4, 0.5) is 5.69 Å². The quantitative estimate of drug-likeness (QED) is 0.463. The molecule has 2 aromatic carbocycles. The maximum Gasteiger partial charge on any atom is 0.321 e. The van der Waals surface area contributed by atoms with Crippen LogP contribution in [0.15, 0.2) is 71.8 Å². The molecule has 0 unspecified atom stereocenters. The Kier molecular flexibility index (Phi) is 5.62. The molecule has 1 amide bonds. The molecule has 9 heteroatoms. The molecule has 0 saturated carbocycles. The number of para-hydroxylation sites is 1. The van der Waals surface area contributed by atoms with Gasteiger partial charge in [-0.05, 0) is 54.7 Å². The van der Waals surface area contributed by atoms with E-state index < -0.39 is 0 Å². The Balaban J connectivity index is 1.39. The number of carbonyl (C=O) groups is 1. The van der Waals surface area contributed by atoms with Crippen LogP contribution >= 0.6 is 12.2 Å². The second-order valence-electron chi connectivity index (χ2n) is 6.39. The number of ether oxygens (including phenoxy) is 1. The van der Waals surface area contributed by atoms with E-state index in [9.17, 15) is 9.59 Å². The molecule has 0 spiro atoms. The minimum atomic E-state index is -0.232. The van der Waals surface area contributed by atoms with E-state index in [1.807, 2.05) is 6.07 Å². The monoisotopic (exact) mass is 419 g/mol. The molecule has 0 aliphatic carbocycles. The van der Waals surface area contributed by atoms with E-state index in [1.165, 1.54) is 4.57 Å². The Bertz CT molecular complexity index is 1300. The molecule has 0 aliphatic rings. The molecule has 8 nitrogen and oxygen atoms in total. The number of nitrogens with one attached hydrogen (secondary N) is 2. The van der Waals surface area contributed by atoms with Gasteiger partial charge in [0.1, 0.15) is 5.75 Å². The average molecular weight is 419 g/mol. The van der Waals surface area contributed by atoms with Gasteiger partial charge in [-0.3, -0.25) is 14.2 Å². The van der Waals surface area contributed by atoms with Gasteiger partial charge in [-0.25, -0.2) is 9.97 Å². The molecule has 0 saturated heterocycles. The first-order chi connectivity index (χ1) is 14.6. The van der Waals surface area contributed by atoms with Gasteiger partial charge >= 0.3 is 6.01 Å². The predicted octanol–water partition coefficient (Wildman–Crippen LogP) is 3.67. The number of hydrogen-bond acceptors (Lipinski definition) is 6. The Labute approximate surface area is 176 Å². The van der Waals surface area contributed by atoms with E-state index in [0.29, 0.717) is 22.3 Å². The lowest BCUT2D eigenvalue weighted by Gasteiger charge is -2.09. The van der Waals surface area contributed by atoms with Crippen LogP contribution in [0.3, 0.4) is 0 Å². The van der Waals surface area contributed by atoms with Crippen molar-refractivity contribution in [1.82, 2.24) is 19.5 Å². The molecule has 0 aliphatic heterocycles. The zero-order valence-corrected chi connectivity index (χ0v) is 16.6. The van der Waals surface area contributed by atoms with Crippen LogP contribution in [0.5, 0.6) is 11.8 Å². The van der Waals surface area contributed by atoms with Crippen LogP contribution in [0, 0.1) is 4.77 Å². The van der Waals surface area contributed by atoms with Crippen molar-refractivity contribution in [2.24, 2.45) is 0 Å². The normalized spacial score (nSPS) is 10.7. The first kappa shape index (κ1) is 19.5. The Morgan fingerprint density at radius 3 is 2.57 bits per heavy atom. The third-order valence-corrected chi connectivity index (χ3v) is 4.66. The summed E-state index contributed by atoms with van der Waals surface area (Å²) in [6.45, 7) is 0.178. The number of nitrogens with zero attached hydrogens (tertiary/aromatic N) is 3. The van der Waals surface area contributed by atoms with Gasteiger partial charge in [0.25, 0.3) is 5.56 Å². The summed E-state index contributed by atoms with van der Waals surface area (Å²) in [6, 6.07) is 15.9. The standard InChI is InChI=1S/C21H17N5O3S/c27-18(10-13-26-19(28)16-4-1-2-5-17(16)25-21(26)30)24-14-6-8-15(9-7-14)29-20-22-11-3-12-23-20/h1-9,11-12H,10,13H2,(H,24,27)(H,25,30). The zero-order chi connectivity index (χ0) is 20.9. The molecule has 0 fully saturated rings. The molecule has 30 heavy (non-hydrogen) atoms. The van der Waals surface area contributed by atoms with Crippen molar-refractivity contribution in [2.75, 3.05) is 5.32 Å². The van der Waals surface area contributed by atoms with Crippen molar-refractivity contribution in [2.45, 2.75) is 13.0 Å². The minimum absolute atomic E-state index is 0.103. The molecular weight excluding hydrogens is 402 g/mol. The van der Waals surface area contributed by atoms with Crippen LogP contribution in [-0.4, -0.2) is 25.4 Å². The van der Waals surface area contributed by atoms with E-state index in [1.54, 1.807) is 60.9 Å². The van der Waals surface area contributed by atoms with Gasteiger partial charge in [0.2, 0.25) is 5.91 Å². The third kappa shape index (κ3) is 4.41. The van der Waals surface area contributed by atoms with Crippen molar-refractivity contribution in [3.05, 3.63) is 82.1 Å². The molecule has 2 heterocycles. The van der Waals surface area contributed by atoms with Gasteiger partial charge in [-0.1, -0.05) is 12.1 Å². The second kappa shape index (κ2) is 8.66. The summed E-state index contributed by atoms with van der Waals surface area (Å²) in [7, 11) is 0. The van der Waals surface area contributed by atoms with Gasteiger partial charge < -0.3 is 15.0 Å². The number of amides is 1. The number of aromatic nitrogens is 4. The molecule has 150 valence electrons. The summed E-state index contributed by atoms with van der Waals surface area (Å²) >= 11 is 5.27. The summed E-state index contributed by atoms with van der Waals surface area (Å²) in [5, 5.41) is 3.33. The van der Waals surface area contributed by atoms with E-state index in [2.05, 4.69) is 20.3 Å². The van der Waals surface area contributed by atoms with Crippen LogP contribution in [0.1, 0.15) is 6.42 Å². The highest BCUT2D eigenvalue weighted by Crippen LogP contribution is 2.20. The van der Waals surface area contributed by atoms with E-state index in [-0.39, 0.29) is 35.2 Å². The number of benzene rings is 2. The topological polar surface area (TPSA) is 102 Å². The van der Waals surface area contributed by atoms with Gasteiger partial charge in [-0.15, -0.1) is 0 Å². The summed E-state index contributed by atoms with van der Waals surface area (Å²) < 4.78 is 7.20. The van der Waals surface area contributed by atoms with Gasteiger partial charge in [0, 0.05) is 31.0 Å². The summed E-state index contributed by atoms with van der Waals surface area (Å²) in [6.07, 6.45) is 3.28. The van der Waals surface area contributed by atoms with Crippen LogP contribution < -0.4 is 15.6 Å². The van der Waals surface area contributed by atoms with Crippen LogP contribution in [0.2, 0.25) is 0 Å². The number of fused-ring (bicyclic) bond motifs is 1. The molecule has 2 N–H and O–H groups in total. The first-order valence-corrected chi connectivity index (χ1v) is 9.57. The zero-order valence-electron chi connectivity index (χ0n) is 15.7. The van der Waals surface area contributed by atoms with E-state index >= 15 is 0 Å². The Morgan fingerprint density at radius 1 is 1.07 bits per heavy atom. The van der Waals surface area contributed by atoms with Crippen molar-refractivity contribution in [3.8, 4) is 11.8 Å². The maximum absolute atomic E-state index is 12.6. The molecular formula is C21H17N5O3S. The number of H-pyrrole nitrogens is 1. The van der Waals surface area contributed by atoms with Crippen LogP contribution in [-0.2, 0) is 11.3 Å². The summed E-state index contributed by atoms with van der Waals surface area (Å²) in [5.41, 5.74) is 1.07. The first-order valence-electron chi connectivity index (χ1n) is 9.17. The fraction of sp³-hybridized carbons (Fsp3) is 0.0952. The molecule has 4 rings (SSSR count). The fourth-order valence-corrected chi connectivity index (χ4v) is 3.17. The molecule has 2 aromatic heterocycles. The lowest BCUT2D eigenvalue weighted by atomic mass is 10.2. The molecule has 0 radical (unpaired) electrons. The fourth-order valence-electron chi connectivity index (χ4n) is 2.89. The summed E-state index contributed by atoms with van der Waals surface area (Å²) in [4.78, 5) is 36.0. The van der Waals surface area contributed by atoms with Gasteiger partial charge in [0.05, 0.1) is 10.9 Å². The number of anilines is 1. The molecule has 0 bridgehead atoms. The van der Waals surface area contributed by atoms with E-state index in [0.717, 1.165) is 0 Å². The second-order valence-corrected chi connectivity index (χ2v) is 6.78. The highest BCUT2D eigenvalue weighted by Gasteiger charge is 2.08. The van der Waals surface area contributed by atoms with E-state index in [4.69, 9.17) is 17.0 Å². The maximum atomic E-state index is 12.6. The van der Waals surface area contributed by atoms with Gasteiger partial charge in [-0.2, -0.15) is 0 Å². The predicted molar refractivity (Wildman–Crippen MR) is 115 cm³/mol. The van der Waals surface area contributed by atoms with Crippen molar-refractivity contribution in [1.29, 1.82) is 0 Å². The largest absolute Gasteiger partial charge is 0.424 e. The summed E-state index contributed by atoms with van der Waals surface area (Å²) in [5.74, 6) is 0.317. The number of rotatable bonds is 6. The highest BCUT2D eigenvalue weighted by atomic mass is 32.1. The lowest BCUT2D eigenvalue weighted by Crippen LogP contribution is -2.25. The lowest BCUT2D eigenvalue weighted by molar-refractivity contribution is -0.116. The Hall–Kier alpha value is -3.85. The number of aromatic amines is 1. The third-order valence-electron chi connectivity index (χ3n) is 4.34. The van der Waals surface area contributed by atoms with Gasteiger partial charge in [0.15, 0.2) is 4.77 Å². The number of carbonyl (C=O) groups excluding carboxylic acids is 1. The highest BCUT2D eigenvalue weighted by molar-refractivity contribution is 7.71. The Morgan fingerprint density at radius 2 is 1.80 bits per heavy atom. The van der Waals surface area contributed by atoms with Crippen molar-refractivity contribution in [3.63, 3.8) is 0 Å². The van der Waals surface area contributed by atoms with Crippen molar-refractivity contribution >= 4 is 34.7 Å². The van der Waals surface area contributed by atoms with Crippen molar-refractivity contribution < 1.29 is 9.53 Å². The van der Waals surface area contributed by atoms with Crippen LogP contribution in [0.25, 0.3) is 10.9 Å². The SMILES string of the molecule is O=C(CCn1c(=S)[nH]c2ccccc2c1=O)Nc1ccc(Oc2ncccn2)cc1. The molecule has 0 atom stereocenters. The minimum Gasteiger partial charge on any atom is -0.424 e. The smallest absolute Gasteiger partial charge is 0.321 e.